The molecule has 4 nitrogen and oxygen atoms in total. The zero-order valence-electron chi connectivity index (χ0n) is 12.6. The van der Waals surface area contributed by atoms with Crippen LogP contribution in [-0.4, -0.2) is 39.3 Å². The first-order valence-corrected chi connectivity index (χ1v) is 7.70. The Bertz CT molecular complexity index is 551. The van der Waals surface area contributed by atoms with E-state index < -0.39 is 0 Å². The standard InChI is InChI=1S/C17H23N3O/c1-18-17(19-10-6-14-8-12-21-13-9-14)20-11-7-15-4-2-3-5-16(15)20/h2-5,8H,6-7,9-13H2,1H3,(H,18,19). The second-order valence-corrected chi connectivity index (χ2v) is 5.44. The molecule has 2 aliphatic heterocycles. The maximum absolute atomic E-state index is 5.34. The van der Waals surface area contributed by atoms with E-state index in [4.69, 9.17) is 4.74 Å². The Kier molecular flexibility index (Phi) is 4.55. The number of benzene rings is 1. The Morgan fingerprint density at radius 1 is 1.33 bits per heavy atom. The van der Waals surface area contributed by atoms with Gasteiger partial charge in [-0.15, -0.1) is 0 Å². The van der Waals surface area contributed by atoms with Gasteiger partial charge in [0.25, 0.3) is 0 Å². The van der Waals surface area contributed by atoms with Crippen molar-refractivity contribution in [3.8, 4) is 0 Å². The fourth-order valence-corrected chi connectivity index (χ4v) is 2.98. The van der Waals surface area contributed by atoms with Gasteiger partial charge in [0.05, 0.1) is 13.2 Å². The van der Waals surface area contributed by atoms with Crippen LogP contribution in [0.15, 0.2) is 40.9 Å². The van der Waals surface area contributed by atoms with Crippen LogP contribution in [0.25, 0.3) is 0 Å². The fraction of sp³-hybridized carbons (Fsp3) is 0.471. The lowest BCUT2D eigenvalue weighted by molar-refractivity contribution is 0.153. The molecule has 0 saturated carbocycles. The molecule has 1 N–H and O–H groups in total. The second kappa shape index (κ2) is 6.76. The van der Waals surface area contributed by atoms with Crippen LogP contribution in [0, 0.1) is 0 Å². The molecule has 0 bridgehead atoms. The molecule has 0 aliphatic carbocycles. The summed E-state index contributed by atoms with van der Waals surface area (Å²) in [7, 11) is 1.86. The summed E-state index contributed by atoms with van der Waals surface area (Å²) in [6.45, 7) is 3.57. The highest BCUT2D eigenvalue weighted by atomic mass is 16.5. The van der Waals surface area contributed by atoms with Crippen molar-refractivity contribution in [2.45, 2.75) is 19.3 Å². The molecule has 0 aromatic heterocycles. The minimum absolute atomic E-state index is 0.767. The summed E-state index contributed by atoms with van der Waals surface area (Å²) in [5.74, 6) is 0.979. The summed E-state index contributed by atoms with van der Waals surface area (Å²) in [6, 6.07) is 8.58. The number of nitrogens with zero attached hydrogens (tertiary/aromatic N) is 2. The van der Waals surface area contributed by atoms with Crippen LogP contribution in [0.2, 0.25) is 0 Å². The first kappa shape index (κ1) is 14.1. The molecule has 21 heavy (non-hydrogen) atoms. The molecule has 0 atom stereocenters. The topological polar surface area (TPSA) is 36.9 Å². The van der Waals surface area contributed by atoms with Crippen LogP contribution in [0.1, 0.15) is 18.4 Å². The van der Waals surface area contributed by atoms with E-state index in [0.717, 1.165) is 51.5 Å². The van der Waals surface area contributed by atoms with Gasteiger partial charge in [-0.1, -0.05) is 29.8 Å². The predicted molar refractivity (Wildman–Crippen MR) is 87.0 cm³/mol. The van der Waals surface area contributed by atoms with E-state index in [9.17, 15) is 0 Å². The minimum Gasteiger partial charge on any atom is -0.377 e. The van der Waals surface area contributed by atoms with Crippen LogP contribution in [0.3, 0.4) is 0 Å². The molecule has 4 heteroatoms. The molecule has 112 valence electrons. The van der Waals surface area contributed by atoms with Gasteiger partial charge in [0.15, 0.2) is 5.96 Å². The zero-order valence-corrected chi connectivity index (χ0v) is 12.6. The van der Waals surface area contributed by atoms with Gasteiger partial charge < -0.3 is 15.0 Å². The van der Waals surface area contributed by atoms with Gasteiger partial charge in [0.1, 0.15) is 0 Å². The lowest BCUT2D eigenvalue weighted by atomic mass is 10.1. The van der Waals surface area contributed by atoms with Gasteiger partial charge in [-0.25, -0.2) is 0 Å². The summed E-state index contributed by atoms with van der Waals surface area (Å²) in [6.07, 6.45) is 5.43. The zero-order chi connectivity index (χ0) is 14.5. The van der Waals surface area contributed by atoms with E-state index in [1.165, 1.54) is 16.8 Å². The summed E-state index contributed by atoms with van der Waals surface area (Å²) in [4.78, 5) is 6.72. The van der Waals surface area contributed by atoms with Crippen molar-refractivity contribution in [1.82, 2.24) is 5.32 Å². The van der Waals surface area contributed by atoms with Crippen LogP contribution in [0.4, 0.5) is 5.69 Å². The lowest BCUT2D eigenvalue weighted by Gasteiger charge is -2.23. The first-order valence-electron chi connectivity index (χ1n) is 7.70. The van der Waals surface area contributed by atoms with E-state index in [1.807, 2.05) is 7.05 Å². The van der Waals surface area contributed by atoms with Crippen LogP contribution in [0.5, 0.6) is 0 Å². The van der Waals surface area contributed by atoms with Crippen LogP contribution < -0.4 is 10.2 Å². The highest BCUT2D eigenvalue weighted by molar-refractivity contribution is 5.97. The summed E-state index contributed by atoms with van der Waals surface area (Å²) in [5, 5.41) is 3.49. The molecule has 2 heterocycles. The van der Waals surface area contributed by atoms with Crippen molar-refractivity contribution in [3.63, 3.8) is 0 Å². The Labute approximate surface area is 126 Å². The van der Waals surface area contributed by atoms with Gasteiger partial charge in [0, 0.05) is 25.8 Å². The number of aliphatic imine (C=N–C) groups is 1. The number of guanidine groups is 1. The third kappa shape index (κ3) is 3.27. The van der Waals surface area contributed by atoms with E-state index in [-0.39, 0.29) is 0 Å². The lowest BCUT2D eigenvalue weighted by Crippen LogP contribution is -2.41. The monoisotopic (exact) mass is 285 g/mol. The van der Waals surface area contributed by atoms with Crippen molar-refractivity contribution in [2.75, 3.05) is 38.3 Å². The van der Waals surface area contributed by atoms with Crippen molar-refractivity contribution in [2.24, 2.45) is 4.99 Å². The average molecular weight is 285 g/mol. The maximum Gasteiger partial charge on any atom is 0.198 e. The summed E-state index contributed by atoms with van der Waals surface area (Å²) < 4.78 is 5.34. The largest absolute Gasteiger partial charge is 0.377 e. The van der Waals surface area contributed by atoms with Gasteiger partial charge in [0.2, 0.25) is 0 Å². The highest BCUT2D eigenvalue weighted by Gasteiger charge is 2.22. The number of ether oxygens (including phenoxy) is 1. The molecule has 0 radical (unpaired) electrons. The van der Waals surface area contributed by atoms with Gasteiger partial charge in [-0.3, -0.25) is 4.99 Å². The van der Waals surface area contributed by atoms with Gasteiger partial charge in [-0.05, 0) is 30.9 Å². The van der Waals surface area contributed by atoms with E-state index in [2.05, 4.69) is 45.6 Å². The third-order valence-corrected chi connectivity index (χ3v) is 4.14. The smallest absolute Gasteiger partial charge is 0.198 e. The summed E-state index contributed by atoms with van der Waals surface area (Å²) in [5.41, 5.74) is 4.19. The Hall–Kier alpha value is -1.81. The Morgan fingerprint density at radius 3 is 3.05 bits per heavy atom. The van der Waals surface area contributed by atoms with Crippen LogP contribution in [-0.2, 0) is 11.2 Å². The van der Waals surface area contributed by atoms with Crippen molar-refractivity contribution in [1.29, 1.82) is 0 Å². The quantitative estimate of drug-likeness (QED) is 0.526. The number of fused-ring (bicyclic) bond motifs is 1. The number of anilines is 1. The SMILES string of the molecule is CN=C(NCCC1=CCOCC1)N1CCc2ccccc21. The number of para-hydroxylation sites is 1. The highest BCUT2D eigenvalue weighted by Crippen LogP contribution is 2.27. The molecule has 0 spiro atoms. The van der Waals surface area contributed by atoms with Crippen molar-refractivity contribution in [3.05, 3.63) is 41.5 Å². The second-order valence-electron chi connectivity index (χ2n) is 5.44. The first-order chi connectivity index (χ1) is 10.4. The number of hydrogen-bond donors (Lipinski definition) is 1. The minimum atomic E-state index is 0.767. The molecule has 0 fully saturated rings. The average Bonchev–Trinajstić information content (AvgIpc) is 2.97. The third-order valence-electron chi connectivity index (χ3n) is 4.14. The molecule has 1 aromatic carbocycles. The van der Waals surface area contributed by atoms with Gasteiger partial charge in [-0.2, -0.15) is 0 Å². The number of rotatable bonds is 3. The van der Waals surface area contributed by atoms with E-state index >= 15 is 0 Å². The predicted octanol–water partition coefficient (Wildman–Crippen LogP) is 2.36. The summed E-state index contributed by atoms with van der Waals surface area (Å²) >= 11 is 0. The molecular formula is C17H23N3O. The molecule has 3 rings (SSSR count). The van der Waals surface area contributed by atoms with Crippen LogP contribution >= 0.6 is 0 Å². The van der Waals surface area contributed by atoms with Crippen molar-refractivity contribution >= 4 is 11.6 Å². The molecule has 0 unspecified atom stereocenters. The number of nitrogens with one attached hydrogen (secondary N) is 1. The fourth-order valence-electron chi connectivity index (χ4n) is 2.98. The van der Waals surface area contributed by atoms with Crippen molar-refractivity contribution < 1.29 is 4.74 Å². The molecule has 1 aromatic rings. The van der Waals surface area contributed by atoms with E-state index in [0.29, 0.717) is 0 Å². The maximum atomic E-state index is 5.34. The Morgan fingerprint density at radius 2 is 2.24 bits per heavy atom. The molecule has 2 aliphatic rings. The van der Waals surface area contributed by atoms with Gasteiger partial charge >= 0.3 is 0 Å². The Balaban J connectivity index is 1.58. The normalized spacial score (nSPS) is 18.4. The number of hydrogen-bond acceptors (Lipinski definition) is 2. The molecular weight excluding hydrogens is 262 g/mol. The molecule has 0 saturated heterocycles. The van der Waals surface area contributed by atoms with E-state index in [1.54, 1.807) is 0 Å². The molecule has 0 amide bonds.